The summed E-state index contributed by atoms with van der Waals surface area (Å²) in [6.45, 7) is 1.43. The van der Waals surface area contributed by atoms with Gasteiger partial charge >= 0.3 is 0 Å². The average molecular weight is 209 g/mol. The summed E-state index contributed by atoms with van der Waals surface area (Å²) in [5.41, 5.74) is 7.65. The zero-order valence-electron chi connectivity index (χ0n) is 8.79. The molecule has 15 heavy (non-hydrogen) atoms. The van der Waals surface area contributed by atoms with Crippen molar-refractivity contribution in [1.29, 1.82) is 0 Å². The highest BCUT2D eigenvalue weighted by molar-refractivity contribution is 5.53. The molecule has 1 heterocycles. The second-order valence-electron chi connectivity index (χ2n) is 3.42. The molecule has 82 valence electrons. The largest absolute Gasteiger partial charge is 0.453 e. The molecular formula is C11H15NO3. The van der Waals surface area contributed by atoms with Crippen molar-refractivity contribution in [2.24, 2.45) is 5.73 Å². The summed E-state index contributed by atoms with van der Waals surface area (Å²) in [5, 5.41) is 0. The van der Waals surface area contributed by atoms with Crippen molar-refractivity contribution in [3.8, 4) is 11.5 Å². The fourth-order valence-corrected chi connectivity index (χ4v) is 1.73. The maximum absolute atomic E-state index is 5.53. The molecule has 1 aliphatic heterocycles. The molecule has 4 nitrogen and oxygen atoms in total. The van der Waals surface area contributed by atoms with Crippen LogP contribution < -0.4 is 15.2 Å². The predicted octanol–water partition coefficient (Wildman–Crippen LogP) is 1.06. The van der Waals surface area contributed by atoms with Crippen LogP contribution in [-0.2, 0) is 17.8 Å². The fourth-order valence-electron chi connectivity index (χ4n) is 1.73. The highest BCUT2D eigenvalue weighted by atomic mass is 16.7. The summed E-state index contributed by atoms with van der Waals surface area (Å²) in [6.07, 6.45) is 0.805. The van der Waals surface area contributed by atoms with E-state index in [0.29, 0.717) is 13.2 Å². The van der Waals surface area contributed by atoms with Crippen LogP contribution in [0.4, 0.5) is 0 Å². The van der Waals surface area contributed by atoms with Crippen LogP contribution in [0.2, 0.25) is 0 Å². The van der Waals surface area contributed by atoms with Gasteiger partial charge in [-0.25, -0.2) is 0 Å². The van der Waals surface area contributed by atoms with Crippen LogP contribution >= 0.6 is 0 Å². The smallest absolute Gasteiger partial charge is 0.231 e. The number of hydrogen-bond donors (Lipinski definition) is 1. The highest BCUT2D eigenvalue weighted by Crippen LogP contribution is 2.39. The summed E-state index contributed by atoms with van der Waals surface area (Å²) < 4.78 is 16.0. The quantitative estimate of drug-likeness (QED) is 0.805. The number of rotatable bonds is 4. The minimum absolute atomic E-state index is 0.285. The first-order chi connectivity index (χ1) is 7.36. The molecule has 0 saturated carbocycles. The van der Waals surface area contributed by atoms with Gasteiger partial charge in [-0.05, 0) is 18.5 Å². The number of ether oxygens (including phenoxy) is 3. The monoisotopic (exact) mass is 209 g/mol. The number of fused-ring (bicyclic) bond motifs is 1. The highest BCUT2D eigenvalue weighted by Gasteiger charge is 2.21. The van der Waals surface area contributed by atoms with Gasteiger partial charge in [-0.2, -0.15) is 0 Å². The number of benzene rings is 1. The van der Waals surface area contributed by atoms with E-state index in [9.17, 15) is 0 Å². The zero-order chi connectivity index (χ0) is 10.7. The first-order valence-electron chi connectivity index (χ1n) is 4.96. The predicted molar refractivity (Wildman–Crippen MR) is 56.0 cm³/mol. The van der Waals surface area contributed by atoms with Gasteiger partial charge in [0.2, 0.25) is 6.79 Å². The third kappa shape index (κ3) is 1.91. The van der Waals surface area contributed by atoms with Gasteiger partial charge in [-0.15, -0.1) is 0 Å². The Morgan fingerprint density at radius 3 is 2.60 bits per heavy atom. The van der Waals surface area contributed by atoms with Gasteiger partial charge in [0.05, 0.1) is 6.61 Å². The third-order valence-corrected chi connectivity index (χ3v) is 2.40. The van der Waals surface area contributed by atoms with Crippen LogP contribution in [0.15, 0.2) is 12.1 Å². The van der Waals surface area contributed by atoms with E-state index in [-0.39, 0.29) is 6.79 Å². The molecule has 1 aromatic carbocycles. The second-order valence-corrected chi connectivity index (χ2v) is 3.42. The molecule has 1 aliphatic rings. The first-order valence-corrected chi connectivity index (χ1v) is 4.96. The molecule has 1 aromatic rings. The van der Waals surface area contributed by atoms with Gasteiger partial charge in [-0.1, -0.05) is 12.1 Å². The normalized spacial score (nSPS) is 13.2. The molecule has 0 unspecified atom stereocenters. The molecule has 0 amide bonds. The maximum Gasteiger partial charge on any atom is 0.231 e. The van der Waals surface area contributed by atoms with Crippen molar-refractivity contribution in [2.45, 2.75) is 13.0 Å². The third-order valence-electron chi connectivity index (χ3n) is 2.40. The number of nitrogens with two attached hydrogens (primary N) is 1. The lowest BCUT2D eigenvalue weighted by molar-refractivity contribution is 0.162. The standard InChI is InChI=1S/C11H15NO3/c1-13-6-9-3-2-8(4-5-12)10-11(9)15-7-14-10/h2-3H,4-7,12H2,1H3. The van der Waals surface area contributed by atoms with Crippen molar-refractivity contribution in [1.82, 2.24) is 0 Å². The van der Waals surface area contributed by atoms with Crippen molar-refractivity contribution in [3.05, 3.63) is 23.3 Å². The molecule has 0 atom stereocenters. The summed E-state index contributed by atoms with van der Waals surface area (Å²) in [5.74, 6) is 1.64. The van der Waals surface area contributed by atoms with Crippen molar-refractivity contribution in [2.75, 3.05) is 20.4 Å². The Morgan fingerprint density at radius 1 is 1.27 bits per heavy atom. The molecule has 2 N–H and O–H groups in total. The number of methoxy groups -OCH3 is 1. The van der Waals surface area contributed by atoms with E-state index in [4.69, 9.17) is 19.9 Å². The Kier molecular flexibility index (Phi) is 3.08. The molecule has 0 radical (unpaired) electrons. The molecule has 0 bridgehead atoms. The molecule has 0 saturated heterocycles. The Balaban J connectivity index is 2.35. The van der Waals surface area contributed by atoms with Gasteiger partial charge in [0, 0.05) is 12.7 Å². The van der Waals surface area contributed by atoms with Crippen LogP contribution in [0.3, 0.4) is 0 Å². The van der Waals surface area contributed by atoms with E-state index < -0.39 is 0 Å². The van der Waals surface area contributed by atoms with Gasteiger partial charge in [0.1, 0.15) is 0 Å². The maximum atomic E-state index is 5.53. The fraction of sp³-hybridized carbons (Fsp3) is 0.455. The molecule has 2 rings (SSSR count). The van der Waals surface area contributed by atoms with Crippen LogP contribution in [0.5, 0.6) is 11.5 Å². The van der Waals surface area contributed by atoms with Crippen LogP contribution in [-0.4, -0.2) is 20.4 Å². The first kappa shape index (κ1) is 10.3. The van der Waals surface area contributed by atoms with Crippen molar-refractivity contribution >= 4 is 0 Å². The zero-order valence-corrected chi connectivity index (χ0v) is 8.79. The van der Waals surface area contributed by atoms with Crippen molar-refractivity contribution in [3.63, 3.8) is 0 Å². The van der Waals surface area contributed by atoms with Crippen LogP contribution in [0, 0.1) is 0 Å². The lowest BCUT2D eigenvalue weighted by atomic mass is 10.1. The summed E-state index contributed by atoms with van der Waals surface area (Å²) >= 11 is 0. The molecule has 0 fully saturated rings. The van der Waals surface area contributed by atoms with Gasteiger partial charge in [-0.3, -0.25) is 0 Å². The molecule has 0 aliphatic carbocycles. The molecule has 4 heteroatoms. The Morgan fingerprint density at radius 2 is 1.93 bits per heavy atom. The minimum atomic E-state index is 0.285. The van der Waals surface area contributed by atoms with Gasteiger partial charge < -0.3 is 19.9 Å². The Hall–Kier alpha value is -1.26. The van der Waals surface area contributed by atoms with E-state index in [1.807, 2.05) is 12.1 Å². The van der Waals surface area contributed by atoms with Gasteiger partial charge in [0.15, 0.2) is 11.5 Å². The van der Waals surface area contributed by atoms with E-state index in [2.05, 4.69) is 0 Å². The van der Waals surface area contributed by atoms with E-state index in [1.54, 1.807) is 7.11 Å². The lowest BCUT2D eigenvalue weighted by Gasteiger charge is -2.08. The summed E-state index contributed by atoms with van der Waals surface area (Å²) in [6, 6.07) is 4.02. The van der Waals surface area contributed by atoms with E-state index in [0.717, 1.165) is 29.0 Å². The molecule has 0 spiro atoms. The Labute approximate surface area is 88.9 Å². The number of hydrogen-bond acceptors (Lipinski definition) is 4. The second kappa shape index (κ2) is 4.51. The Bertz CT molecular complexity index is 319. The lowest BCUT2D eigenvalue weighted by Crippen LogP contribution is -2.04. The summed E-state index contributed by atoms with van der Waals surface area (Å²) in [7, 11) is 1.66. The van der Waals surface area contributed by atoms with Crippen LogP contribution in [0.1, 0.15) is 11.1 Å². The molecular weight excluding hydrogens is 194 g/mol. The minimum Gasteiger partial charge on any atom is -0.453 e. The van der Waals surface area contributed by atoms with Crippen LogP contribution in [0.25, 0.3) is 0 Å². The van der Waals surface area contributed by atoms with Gasteiger partial charge in [0.25, 0.3) is 0 Å². The molecule has 0 aromatic heterocycles. The summed E-state index contributed by atoms with van der Waals surface area (Å²) in [4.78, 5) is 0. The average Bonchev–Trinajstić information content (AvgIpc) is 2.71. The van der Waals surface area contributed by atoms with E-state index >= 15 is 0 Å². The van der Waals surface area contributed by atoms with Crippen molar-refractivity contribution < 1.29 is 14.2 Å². The topological polar surface area (TPSA) is 53.7 Å². The SMILES string of the molecule is COCc1ccc(CCN)c2c1OCO2. The van der Waals surface area contributed by atoms with E-state index in [1.165, 1.54) is 0 Å².